The van der Waals surface area contributed by atoms with Gasteiger partial charge in [0.1, 0.15) is 0 Å². The van der Waals surface area contributed by atoms with E-state index in [0.29, 0.717) is 5.56 Å². The summed E-state index contributed by atoms with van der Waals surface area (Å²) in [4.78, 5) is 0. The van der Waals surface area contributed by atoms with Crippen LogP contribution >= 0.6 is 0 Å². The Morgan fingerprint density at radius 1 is 1.05 bits per heavy atom. The Morgan fingerprint density at radius 2 is 1.85 bits per heavy atom. The van der Waals surface area contributed by atoms with Crippen molar-refractivity contribution in [3.05, 3.63) is 66.5 Å². The molecule has 96 valence electrons. The number of hydrogen-bond donors (Lipinski definition) is 1. The Morgan fingerprint density at radius 3 is 2.55 bits per heavy atom. The average Bonchev–Trinajstić information content (AvgIpc) is 2.97. The van der Waals surface area contributed by atoms with Crippen LogP contribution in [0.4, 0.5) is 5.69 Å². The van der Waals surface area contributed by atoms with E-state index < -0.39 is 0 Å². The molecular weight excluding hydrogens is 248 g/mol. The molecule has 0 amide bonds. The molecule has 0 atom stereocenters. The first-order valence-electron chi connectivity index (χ1n) is 6.17. The monoisotopic (exact) mass is 260 g/mol. The van der Waals surface area contributed by atoms with Crippen LogP contribution in [0.2, 0.25) is 0 Å². The van der Waals surface area contributed by atoms with Crippen LogP contribution in [0.5, 0.6) is 0 Å². The minimum atomic E-state index is 0.636. The average molecular weight is 260 g/mol. The summed E-state index contributed by atoms with van der Waals surface area (Å²) in [5.41, 5.74) is 10.1. The lowest BCUT2D eigenvalue weighted by Gasteiger charge is -2.01. The molecule has 0 spiro atoms. The molecule has 4 nitrogen and oxygen atoms in total. The van der Waals surface area contributed by atoms with Crippen LogP contribution in [0.25, 0.3) is 16.8 Å². The van der Waals surface area contributed by atoms with Crippen LogP contribution in [0.15, 0.2) is 60.9 Å². The Balaban J connectivity index is 1.95. The van der Waals surface area contributed by atoms with E-state index in [1.54, 1.807) is 23.0 Å². The molecule has 0 bridgehead atoms. The maximum atomic E-state index is 8.79. The first-order chi connectivity index (χ1) is 9.76. The van der Waals surface area contributed by atoms with Gasteiger partial charge in [-0.3, -0.25) is 0 Å². The molecule has 4 heteroatoms. The number of rotatable bonds is 2. The molecule has 2 N–H and O–H groups in total. The van der Waals surface area contributed by atoms with Gasteiger partial charge in [-0.1, -0.05) is 12.1 Å². The van der Waals surface area contributed by atoms with Crippen LogP contribution in [0, 0.1) is 11.3 Å². The highest BCUT2D eigenvalue weighted by molar-refractivity contribution is 5.66. The number of benzene rings is 2. The molecule has 0 aliphatic carbocycles. The SMILES string of the molecule is N#Cc1ccc(-n2cc(-c3cccc(N)c3)cn2)cc1. The first kappa shape index (κ1) is 12.0. The van der Waals surface area contributed by atoms with Gasteiger partial charge in [0, 0.05) is 17.4 Å². The van der Waals surface area contributed by atoms with Crippen molar-refractivity contribution in [2.45, 2.75) is 0 Å². The third-order valence-electron chi connectivity index (χ3n) is 3.06. The van der Waals surface area contributed by atoms with Crippen molar-refractivity contribution in [3.8, 4) is 22.9 Å². The van der Waals surface area contributed by atoms with Gasteiger partial charge in [-0.05, 0) is 42.0 Å². The van der Waals surface area contributed by atoms with Crippen LogP contribution in [0.3, 0.4) is 0 Å². The fraction of sp³-hybridized carbons (Fsp3) is 0. The molecule has 1 aromatic heterocycles. The zero-order valence-electron chi connectivity index (χ0n) is 10.7. The van der Waals surface area contributed by atoms with Crippen molar-refractivity contribution in [3.63, 3.8) is 0 Å². The zero-order valence-corrected chi connectivity index (χ0v) is 10.7. The lowest BCUT2D eigenvalue weighted by atomic mass is 10.1. The van der Waals surface area contributed by atoms with Crippen molar-refractivity contribution < 1.29 is 0 Å². The Labute approximate surface area is 116 Å². The van der Waals surface area contributed by atoms with E-state index >= 15 is 0 Å². The molecule has 20 heavy (non-hydrogen) atoms. The van der Waals surface area contributed by atoms with E-state index in [4.69, 9.17) is 11.0 Å². The second kappa shape index (κ2) is 4.90. The maximum Gasteiger partial charge on any atom is 0.0991 e. The lowest BCUT2D eigenvalue weighted by molar-refractivity contribution is 0.880. The second-order valence-electron chi connectivity index (χ2n) is 4.46. The second-order valence-corrected chi connectivity index (χ2v) is 4.46. The third kappa shape index (κ3) is 2.25. The molecule has 3 rings (SSSR count). The molecule has 0 aliphatic rings. The minimum absolute atomic E-state index is 0.636. The lowest BCUT2D eigenvalue weighted by Crippen LogP contribution is -1.93. The number of hydrogen-bond acceptors (Lipinski definition) is 3. The molecule has 3 aromatic rings. The van der Waals surface area contributed by atoms with E-state index in [1.165, 1.54) is 0 Å². The first-order valence-corrected chi connectivity index (χ1v) is 6.17. The largest absolute Gasteiger partial charge is 0.399 e. The maximum absolute atomic E-state index is 8.79. The molecule has 2 aromatic carbocycles. The molecule has 0 fully saturated rings. The molecule has 0 unspecified atom stereocenters. The van der Waals surface area contributed by atoms with E-state index in [-0.39, 0.29) is 0 Å². The van der Waals surface area contributed by atoms with Gasteiger partial charge in [0.05, 0.1) is 23.5 Å². The standard InChI is InChI=1S/C16H12N4/c17-9-12-4-6-16(7-5-12)20-11-14(10-19-20)13-2-1-3-15(18)8-13/h1-8,10-11H,18H2. The summed E-state index contributed by atoms with van der Waals surface area (Å²) in [5.74, 6) is 0. The molecule has 1 heterocycles. The van der Waals surface area contributed by atoms with E-state index in [1.807, 2.05) is 42.6 Å². The van der Waals surface area contributed by atoms with Gasteiger partial charge in [0.2, 0.25) is 0 Å². The Kier molecular flexibility index (Phi) is 2.94. The number of anilines is 1. The molecule has 0 saturated carbocycles. The summed E-state index contributed by atoms with van der Waals surface area (Å²) < 4.78 is 1.78. The molecule has 0 saturated heterocycles. The van der Waals surface area contributed by atoms with E-state index in [9.17, 15) is 0 Å². The summed E-state index contributed by atoms with van der Waals surface area (Å²) in [7, 11) is 0. The van der Waals surface area contributed by atoms with Crippen LogP contribution < -0.4 is 5.73 Å². The van der Waals surface area contributed by atoms with Crippen LogP contribution in [-0.2, 0) is 0 Å². The minimum Gasteiger partial charge on any atom is -0.399 e. The molecule has 0 radical (unpaired) electrons. The summed E-state index contributed by atoms with van der Waals surface area (Å²) in [6, 6.07) is 17.1. The van der Waals surface area contributed by atoms with Crippen molar-refractivity contribution in [1.29, 1.82) is 5.26 Å². The van der Waals surface area contributed by atoms with E-state index in [0.717, 1.165) is 22.5 Å². The van der Waals surface area contributed by atoms with Gasteiger partial charge in [-0.25, -0.2) is 4.68 Å². The van der Waals surface area contributed by atoms with Gasteiger partial charge >= 0.3 is 0 Å². The molecule has 0 aliphatic heterocycles. The summed E-state index contributed by atoms with van der Waals surface area (Å²) in [6.45, 7) is 0. The fourth-order valence-corrected chi connectivity index (χ4v) is 2.02. The summed E-state index contributed by atoms with van der Waals surface area (Å²) >= 11 is 0. The topological polar surface area (TPSA) is 67.6 Å². The van der Waals surface area contributed by atoms with Gasteiger partial charge in [0.15, 0.2) is 0 Å². The Hall–Kier alpha value is -3.06. The number of nitriles is 1. The predicted molar refractivity (Wildman–Crippen MR) is 78.1 cm³/mol. The highest BCUT2D eigenvalue weighted by Gasteiger charge is 2.04. The highest BCUT2D eigenvalue weighted by atomic mass is 15.3. The molecular formula is C16H12N4. The summed E-state index contributed by atoms with van der Waals surface area (Å²) in [5, 5.41) is 13.1. The van der Waals surface area contributed by atoms with Crippen LogP contribution in [0.1, 0.15) is 5.56 Å². The van der Waals surface area contributed by atoms with Gasteiger partial charge in [-0.15, -0.1) is 0 Å². The van der Waals surface area contributed by atoms with Crippen LogP contribution in [-0.4, -0.2) is 9.78 Å². The fourth-order valence-electron chi connectivity index (χ4n) is 2.02. The van der Waals surface area contributed by atoms with Gasteiger partial charge < -0.3 is 5.73 Å². The van der Waals surface area contributed by atoms with Gasteiger partial charge in [-0.2, -0.15) is 10.4 Å². The van der Waals surface area contributed by atoms with Crippen molar-refractivity contribution in [1.82, 2.24) is 9.78 Å². The normalized spacial score (nSPS) is 10.2. The summed E-state index contributed by atoms with van der Waals surface area (Å²) in [6.07, 6.45) is 3.74. The highest BCUT2D eigenvalue weighted by Crippen LogP contribution is 2.22. The van der Waals surface area contributed by atoms with E-state index in [2.05, 4.69) is 11.2 Å². The third-order valence-corrected chi connectivity index (χ3v) is 3.06. The van der Waals surface area contributed by atoms with Crippen molar-refractivity contribution in [2.75, 3.05) is 5.73 Å². The quantitative estimate of drug-likeness (QED) is 0.720. The number of aromatic nitrogens is 2. The predicted octanol–water partition coefficient (Wildman–Crippen LogP) is 2.99. The van der Waals surface area contributed by atoms with Crippen molar-refractivity contribution >= 4 is 5.69 Å². The van der Waals surface area contributed by atoms with Gasteiger partial charge in [0.25, 0.3) is 0 Å². The Bertz CT molecular complexity index is 779. The van der Waals surface area contributed by atoms with Crippen molar-refractivity contribution in [2.24, 2.45) is 0 Å². The number of nitrogen functional groups attached to an aromatic ring is 1. The number of nitrogens with zero attached hydrogens (tertiary/aromatic N) is 3. The smallest absolute Gasteiger partial charge is 0.0991 e. The zero-order chi connectivity index (χ0) is 13.9. The number of nitrogens with two attached hydrogens (primary N) is 1.